The van der Waals surface area contributed by atoms with Gasteiger partial charge in [0.1, 0.15) is 17.5 Å². The highest BCUT2D eigenvalue weighted by Gasteiger charge is 2.37. The molecule has 0 bridgehead atoms. The van der Waals surface area contributed by atoms with Crippen molar-refractivity contribution in [1.29, 1.82) is 0 Å². The number of nitrogens with two attached hydrogens (primary N) is 1. The van der Waals surface area contributed by atoms with Gasteiger partial charge in [0.15, 0.2) is 11.6 Å². The van der Waals surface area contributed by atoms with Crippen LogP contribution in [0.1, 0.15) is 30.9 Å². The zero-order valence-electron chi connectivity index (χ0n) is 20.5. The largest absolute Gasteiger partial charge is 0.419 e. The first-order valence-electron chi connectivity index (χ1n) is 12.0. The van der Waals surface area contributed by atoms with E-state index < -0.39 is 23.4 Å². The zero-order valence-corrected chi connectivity index (χ0v) is 20.5. The minimum atomic E-state index is -4.52. The smallest absolute Gasteiger partial charge is 0.398 e. The number of benzene rings is 1. The highest BCUT2D eigenvalue weighted by molar-refractivity contribution is 5.99. The summed E-state index contributed by atoms with van der Waals surface area (Å²) in [6.45, 7) is 8.46. The van der Waals surface area contributed by atoms with Crippen molar-refractivity contribution in [2.45, 2.75) is 32.0 Å². The molecule has 2 aromatic rings. The molecule has 2 aliphatic rings. The molecule has 1 atom stereocenters. The summed E-state index contributed by atoms with van der Waals surface area (Å²) >= 11 is 0. The number of anilines is 1. The van der Waals surface area contributed by atoms with Crippen LogP contribution in [0, 0.1) is 11.6 Å². The molecule has 0 spiro atoms. The molecule has 0 unspecified atom stereocenters. The van der Waals surface area contributed by atoms with Gasteiger partial charge in [0.25, 0.3) is 0 Å². The Hall–Kier alpha value is -3.63. The second-order valence-electron chi connectivity index (χ2n) is 9.17. The molecule has 198 valence electrons. The van der Waals surface area contributed by atoms with Gasteiger partial charge in [-0.15, -0.1) is 0 Å². The van der Waals surface area contributed by atoms with Crippen molar-refractivity contribution in [3.05, 3.63) is 77.8 Å². The molecule has 0 radical (unpaired) electrons. The zero-order chi connectivity index (χ0) is 26.7. The van der Waals surface area contributed by atoms with E-state index in [4.69, 9.17) is 10.7 Å². The second-order valence-corrected chi connectivity index (χ2v) is 9.17. The first-order valence-corrected chi connectivity index (χ1v) is 12.0. The Morgan fingerprint density at radius 3 is 2.49 bits per heavy atom. The van der Waals surface area contributed by atoms with Crippen molar-refractivity contribution in [2.75, 3.05) is 37.6 Å². The molecule has 0 aliphatic carbocycles. The van der Waals surface area contributed by atoms with Gasteiger partial charge < -0.3 is 20.4 Å². The van der Waals surface area contributed by atoms with Gasteiger partial charge in [0.2, 0.25) is 0 Å². The lowest BCUT2D eigenvalue weighted by Crippen LogP contribution is -2.54. The molecule has 2 N–H and O–H groups in total. The van der Waals surface area contributed by atoms with E-state index in [1.54, 1.807) is 11.0 Å². The number of amidine groups is 1. The van der Waals surface area contributed by atoms with Crippen molar-refractivity contribution in [3.8, 4) is 0 Å². The highest BCUT2D eigenvalue weighted by atomic mass is 19.4. The number of hydrogen-bond donors (Lipinski definition) is 1. The lowest BCUT2D eigenvalue weighted by Gasteiger charge is -2.42. The van der Waals surface area contributed by atoms with Gasteiger partial charge in [0, 0.05) is 62.3 Å². The maximum Gasteiger partial charge on any atom is 0.419 e. The van der Waals surface area contributed by atoms with Crippen LogP contribution in [0.5, 0.6) is 0 Å². The molecule has 37 heavy (non-hydrogen) atoms. The molecule has 4 rings (SSSR count). The molecular formula is C26H29F5N6. The minimum absolute atomic E-state index is 0.113. The predicted molar refractivity (Wildman–Crippen MR) is 134 cm³/mol. The van der Waals surface area contributed by atoms with Crippen LogP contribution in [0.2, 0.25) is 0 Å². The van der Waals surface area contributed by atoms with E-state index in [-0.39, 0.29) is 36.2 Å². The van der Waals surface area contributed by atoms with Gasteiger partial charge in [-0.2, -0.15) is 13.2 Å². The number of likely N-dealkylation sites (tertiary alicyclic amines) is 1. The Bertz CT molecular complexity index is 1200. The van der Waals surface area contributed by atoms with Crippen LogP contribution in [-0.4, -0.2) is 59.4 Å². The molecule has 6 nitrogen and oxygen atoms in total. The summed E-state index contributed by atoms with van der Waals surface area (Å²) < 4.78 is 68.0. The van der Waals surface area contributed by atoms with E-state index in [0.29, 0.717) is 18.2 Å². The summed E-state index contributed by atoms with van der Waals surface area (Å²) in [4.78, 5) is 14.3. The fourth-order valence-electron chi connectivity index (χ4n) is 4.62. The summed E-state index contributed by atoms with van der Waals surface area (Å²) in [6.07, 6.45) is 0.447. The molecule has 2 saturated heterocycles. The Morgan fingerprint density at radius 1 is 1.11 bits per heavy atom. The van der Waals surface area contributed by atoms with Crippen LogP contribution in [0.15, 0.2) is 60.0 Å². The molecule has 2 aliphatic heterocycles. The number of piperazine rings is 1. The lowest BCUT2D eigenvalue weighted by atomic mass is 10.1. The third-order valence-corrected chi connectivity index (χ3v) is 6.57. The third-order valence-electron chi connectivity index (χ3n) is 6.57. The molecule has 0 amide bonds. The standard InChI is InChI=1S/C26H29F5N6/c1-17-16-36(25-20(26(29,30)31)6-5-9-33-25)12-13-37(17)24(34-18(2)35-10-3-4-11-35)15-23(32)19-7-8-21(27)22(28)14-19/h5-9,14-15,17H,2-4,10-13,16,32H2,1H3/b23-15-,34-24+/t17-/m1/s1. The summed E-state index contributed by atoms with van der Waals surface area (Å²) in [7, 11) is 0. The van der Waals surface area contributed by atoms with Crippen molar-refractivity contribution in [3.63, 3.8) is 0 Å². The van der Waals surface area contributed by atoms with E-state index in [1.807, 2.05) is 16.7 Å². The molecule has 1 aromatic heterocycles. The number of rotatable bonds is 5. The van der Waals surface area contributed by atoms with Crippen molar-refractivity contribution < 1.29 is 22.0 Å². The molecule has 2 fully saturated rings. The number of aliphatic imine (C=N–C) groups is 1. The van der Waals surface area contributed by atoms with Gasteiger partial charge in [-0.1, -0.05) is 6.58 Å². The number of aromatic nitrogens is 1. The molecular weight excluding hydrogens is 491 g/mol. The summed E-state index contributed by atoms with van der Waals surface area (Å²) in [5.74, 6) is -1.13. The Labute approximate surface area is 212 Å². The first kappa shape index (κ1) is 26.4. The minimum Gasteiger partial charge on any atom is -0.398 e. The molecule has 0 saturated carbocycles. The van der Waals surface area contributed by atoms with Crippen LogP contribution in [-0.2, 0) is 6.18 Å². The van der Waals surface area contributed by atoms with Gasteiger partial charge in [-0.3, -0.25) is 0 Å². The fourth-order valence-corrected chi connectivity index (χ4v) is 4.62. The topological polar surface area (TPSA) is 61.0 Å². The normalized spacial score (nSPS) is 19.5. The maximum atomic E-state index is 13.8. The van der Waals surface area contributed by atoms with Crippen molar-refractivity contribution in [1.82, 2.24) is 14.8 Å². The maximum absolute atomic E-state index is 13.8. The number of hydrogen-bond acceptors (Lipinski definition) is 5. The quantitative estimate of drug-likeness (QED) is 0.347. The Balaban J connectivity index is 1.63. The van der Waals surface area contributed by atoms with Gasteiger partial charge in [-0.25, -0.2) is 18.8 Å². The van der Waals surface area contributed by atoms with Crippen LogP contribution in [0.3, 0.4) is 0 Å². The second kappa shape index (κ2) is 10.8. The number of nitrogens with zero attached hydrogens (tertiary/aromatic N) is 5. The monoisotopic (exact) mass is 520 g/mol. The van der Waals surface area contributed by atoms with Crippen LogP contribution in [0.4, 0.5) is 27.8 Å². The van der Waals surface area contributed by atoms with Crippen LogP contribution in [0.25, 0.3) is 5.70 Å². The summed E-state index contributed by atoms with van der Waals surface area (Å²) in [5.41, 5.74) is 5.93. The fraction of sp³-hybridized carbons (Fsp3) is 0.385. The molecule has 11 heteroatoms. The van der Waals surface area contributed by atoms with Crippen molar-refractivity contribution in [2.24, 2.45) is 10.7 Å². The van der Waals surface area contributed by atoms with Gasteiger partial charge >= 0.3 is 6.18 Å². The Morgan fingerprint density at radius 2 is 1.84 bits per heavy atom. The first-order chi connectivity index (χ1) is 17.5. The van der Waals surface area contributed by atoms with Crippen LogP contribution >= 0.6 is 0 Å². The summed E-state index contributed by atoms with van der Waals surface area (Å²) in [5, 5.41) is 0. The van der Waals surface area contributed by atoms with Crippen molar-refractivity contribution >= 4 is 17.4 Å². The highest BCUT2D eigenvalue weighted by Crippen LogP contribution is 2.36. The number of pyridine rings is 1. The predicted octanol–water partition coefficient (Wildman–Crippen LogP) is 4.85. The summed E-state index contributed by atoms with van der Waals surface area (Å²) in [6, 6.07) is 5.41. The van der Waals surface area contributed by atoms with E-state index in [0.717, 1.165) is 44.1 Å². The Kier molecular flexibility index (Phi) is 7.70. The third kappa shape index (κ3) is 6.03. The van der Waals surface area contributed by atoms with E-state index >= 15 is 0 Å². The lowest BCUT2D eigenvalue weighted by molar-refractivity contribution is -0.137. The average molecular weight is 521 g/mol. The van der Waals surface area contributed by atoms with E-state index in [1.165, 1.54) is 18.3 Å². The van der Waals surface area contributed by atoms with Crippen LogP contribution < -0.4 is 10.6 Å². The SMILES string of the molecule is C=C(/N=C(\C=C(/N)c1ccc(F)c(F)c1)N1CCN(c2ncccc2C(F)(F)F)C[C@H]1C)N1CCCC1. The van der Waals surface area contributed by atoms with E-state index in [9.17, 15) is 22.0 Å². The average Bonchev–Trinajstić information content (AvgIpc) is 3.40. The molecule has 3 heterocycles. The van der Waals surface area contributed by atoms with Gasteiger partial charge in [0.05, 0.1) is 5.56 Å². The van der Waals surface area contributed by atoms with E-state index in [2.05, 4.69) is 11.6 Å². The number of halogens is 5. The number of alkyl halides is 3. The van der Waals surface area contributed by atoms with Gasteiger partial charge in [-0.05, 0) is 50.1 Å². The molecule has 1 aromatic carbocycles.